The van der Waals surface area contributed by atoms with Gasteiger partial charge < -0.3 is 5.11 Å². The minimum absolute atomic E-state index is 0.0446. The molecule has 1 N–H and O–H groups in total. The highest BCUT2D eigenvalue weighted by atomic mass is 16.3. The molecule has 1 fully saturated rings. The van der Waals surface area contributed by atoms with E-state index in [1.807, 2.05) is 35.1 Å². The first kappa shape index (κ1) is 15.1. The number of hydrogen-bond donors (Lipinski definition) is 1. The minimum atomic E-state index is -0.189. The third-order valence-electron chi connectivity index (χ3n) is 4.60. The van der Waals surface area contributed by atoms with Crippen molar-refractivity contribution in [1.82, 2.24) is 19.2 Å². The molecule has 6 nitrogen and oxygen atoms in total. The predicted octanol–water partition coefficient (Wildman–Crippen LogP) is 1.25. The Morgan fingerprint density at radius 3 is 2.92 bits per heavy atom. The van der Waals surface area contributed by atoms with Crippen LogP contribution in [0.4, 0.5) is 0 Å². The monoisotopic (exact) mass is 324 g/mol. The number of aliphatic hydroxyl groups excluding tert-OH is 1. The first-order valence-corrected chi connectivity index (χ1v) is 8.25. The van der Waals surface area contributed by atoms with Crippen LogP contribution in [0.1, 0.15) is 6.42 Å². The molecule has 124 valence electrons. The summed E-state index contributed by atoms with van der Waals surface area (Å²) in [5.74, 6) is 0. The van der Waals surface area contributed by atoms with Crippen molar-refractivity contribution in [3.63, 3.8) is 0 Å². The number of pyridine rings is 1. The van der Waals surface area contributed by atoms with Crippen LogP contribution < -0.4 is 5.56 Å². The molecule has 1 atom stereocenters. The lowest BCUT2D eigenvalue weighted by Crippen LogP contribution is -2.26. The number of aliphatic hydroxyl groups is 1. The maximum atomic E-state index is 12.0. The van der Waals surface area contributed by atoms with Gasteiger partial charge in [0.25, 0.3) is 5.56 Å². The van der Waals surface area contributed by atoms with Crippen molar-refractivity contribution >= 4 is 10.9 Å². The summed E-state index contributed by atoms with van der Waals surface area (Å²) in [5, 5.41) is 15.1. The van der Waals surface area contributed by atoms with Crippen LogP contribution >= 0.6 is 0 Å². The van der Waals surface area contributed by atoms with Gasteiger partial charge in [0, 0.05) is 43.0 Å². The number of nitrogens with zero attached hydrogens (tertiary/aromatic N) is 4. The van der Waals surface area contributed by atoms with Crippen LogP contribution in [0.15, 0.2) is 53.6 Å². The van der Waals surface area contributed by atoms with Gasteiger partial charge >= 0.3 is 0 Å². The van der Waals surface area contributed by atoms with Crippen molar-refractivity contribution < 1.29 is 5.11 Å². The van der Waals surface area contributed by atoms with Crippen LogP contribution in [0.25, 0.3) is 16.6 Å². The summed E-state index contributed by atoms with van der Waals surface area (Å²) in [6.45, 7) is 3.37. The van der Waals surface area contributed by atoms with Gasteiger partial charge in [-0.1, -0.05) is 6.07 Å². The highest BCUT2D eigenvalue weighted by molar-refractivity contribution is 5.80. The van der Waals surface area contributed by atoms with Crippen molar-refractivity contribution in [1.29, 1.82) is 0 Å². The van der Waals surface area contributed by atoms with Crippen molar-refractivity contribution in [2.75, 3.05) is 19.6 Å². The first-order chi connectivity index (χ1) is 11.7. The Balaban J connectivity index is 1.57. The smallest absolute Gasteiger partial charge is 0.255 e. The molecular weight excluding hydrogens is 304 g/mol. The van der Waals surface area contributed by atoms with Crippen LogP contribution in [0.5, 0.6) is 0 Å². The number of likely N-dealkylation sites (tertiary alicyclic amines) is 1. The molecule has 24 heavy (non-hydrogen) atoms. The Bertz CT molecular complexity index is 915. The molecule has 0 radical (unpaired) electrons. The largest absolute Gasteiger partial charge is 0.392 e. The van der Waals surface area contributed by atoms with Gasteiger partial charge in [-0.05, 0) is 30.7 Å². The molecule has 0 saturated carbocycles. The van der Waals surface area contributed by atoms with E-state index >= 15 is 0 Å². The summed E-state index contributed by atoms with van der Waals surface area (Å²) in [5.41, 5.74) is 1.86. The fraction of sp³-hybridized carbons (Fsp3) is 0.333. The maximum absolute atomic E-state index is 12.0. The van der Waals surface area contributed by atoms with E-state index in [0.29, 0.717) is 0 Å². The van der Waals surface area contributed by atoms with Crippen molar-refractivity contribution in [2.24, 2.45) is 0 Å². The maximum Gasteiger partial charge on any atom is 0.255 e. The van der Waals surface area contributed by atoms with Crippen molar-refractivity contribution in [2.45, 2.75) is 19.1 Å². The Morgan fingerprint density at radius 1 is 1.21 bits per heavy atom. The summed E-state index contributed by atoms with van der Waals surface area (Å²) >= 11 is 0. The summed E-state index contributed by atoms with van der Waals surface area (Å²) in [6, 6.07) is 11.1. The average Bonchev–Trinajstić information content (AvgIpc) is 3.19. The number of β-amino-alcohol motifs (C(OH)–C–C–N with tert-alkyl or cyclic N) is 1. The van der Waals surface area contributed by atoms with Crippen LogP contribution in [0.2, 0.25) is 0 Å². The molecule has 1 aromatic carbocycles. The Labute approximate surface area is 139 Å². The average molecular weight is 324 g/mol. The van der Waals surface area contributed by atoms with Gasteiger partial charge in [0.15, 0.2) is 0 Å². The molecule has 0 aliphatic carbocycles. The lowest BCUT2D eigenvalue weighted by Gasteiger charge is -2.15. The van der Waals surface area contributed by atoms with E-state index < -0.39 is 0 Å². The van der Waals surface area contributed by atoms with Crippen LogP contribution in [0, 0.1) is 0 Å². The highest BCUT2D eigenvalue weighted by Crippen LogP contribution is 2.18. The number of hydrogen-bond acceptors (Lipinski definition) is 4. The first-order valence-electron chi connectivity index (χ1n) is 8.25. The zero-order valence-corrected chi connectivity index (χ0v) is 13.4. The quantitative estimate of drug-likeness (QED) is 0.785. The van der Waals surface area contributed by atoms with Gasteiger partial charge in [0.2, 0.25) is 0 Å². The van der Waals surface area contributed by atoms with E-state index in [1.54, 1.807) is 22.9 Å². The molecule has 0 spiro atoms. The van der Waals surface area contributed by atoms with Crippen molar-refractivity contribution in [3.8, 4) is 5.69 Å². The second kappa shape index (κ2) is 6.22. The van der Waals surface area contributed by atoms with Gasteiger partial charge in [-0.15, -0.1) is 0 Å². The summed E-state index contributed by atoms with van der Waals surface area (Å²) in [4.78, 5) is 14.2. The van der Waals surface area contributed by atoms with E-state index in [-0.39, 0.29) is 11.7 Å². The lowest BCUT2D eigenvalue weighted by atomic mass is 10.2. The molecule has 2 aromatic heterocycles. The van der Waals surface area contributed by atoms with Gasteiger partial charge in [-0.3, -0.25) is 18.9 Å². The minimum Gasteiger partial charge on any atom is -0.392 e. The molecule has 0 amide bonds. The number of rotatable bonds is 4. The Morgan fingerprint density at radius 2 is 2.12 bits per heavy atom. The topological polar surface area (TPSA) is 63.3 Å². The highest BCUT2D eigenvalue weighted by Gasteiger charge is 2.19. The van der Waals surface area contributed by atoms with Crippen molar-refractivity contribution in [3.05, 3.63) is 59.1 Å². The molecule has 0 bridgehead atoms. The van der Waals surface area contributed by atoms with E-state index in [9.17, 15) is 9.90 Å². The van der Waals surface area contributed by atoms with Crippen LogP contribution in [-0.2, 0) is 6.54 Å². The van der Waals surface area contributed by atoms with E-state index in [4.69, 9.17) is 0 Å². The van der Waals surface area contributed by atoms with E-state index in [2.05, 4.69) is 10.00 Å². The second-order valence-electron chi connectivity index (χ2n) is 6.26. The molecule has 4 rings (SSSR count). The van der Waals surface area contributed by atoms with Gasteiger partial charge in [0.1, 0.15) is 0 Å². The molecule has 1 aliphatic heterocycles. The van der Waals surface area contributed by atoms with Crippen LogP contribution in [-0.4, -0.2) is 50.1 Å². The molecule has 3 heterocycles. The van der Waals surface area contributed by atoms with Gasteiger partial charge in [0.05, 0.1) is 24.4 Å². The molecule has 1 aliphatic rings. The third kappa shape index (κ3) is 2.86. The normalized spacial score (nSPS) is 18.5. The summed E-state index contributed by atoms with van der Waals surface area (Å²) in [6.07, 6.45) is 4.28. The lowest BCUT2D eigenvalue weighted by molar-refractivity contribution is 0.175. The van der Waals surface area contributed by atoms with Crippen LogP contribution in [0.3, 0.4) is 0 Å². The third-order valence-corrected chi connectivity index (χ3v) is 4.60. The SMILES string of the molecule is O=c1ccccn1-c1ccc2c(cnn2CCN2CCC(O)C2)c1. The molecule has 6 heteroatoms. The van der Waals surface area contributed by atoms with Gasteiger partial charge in [-0.25, -0.2) is 0 Å². The number of benzene rings is 1. The molecule has 3 aromatic rings. The molecule has 1 unspecified atom stereocenters. The zero-order valence-electron chi connectivity index (χ0n) is 13.4. The zero-order chi connectivity index (χ0) is 16.5. The van der Waals surface area contributed by atoms with E-state index in [0.717, 1.165) is 49.2 Å². The molecule has 1 saturated heterocycles. The Kier molecular flexibility index (Phi) is 3.92. The fourth-order valence-electron chi connectivity index (χ4n) is 3.29. The van der Waals surface area contributed by atoms with E-state index in [1.165, 1.54) is 0 Å². The fourth-order valence-corrected chi connectivity index (χ4v) is 3.29. The predicted molar refractivity (Wildman–Crippen MR) is 92.4 cm³/mol. The van der Waals surface area contributed by atoms with Gasteiger partial charge in [-0.2, -0.15) is 5.10 Å². The second-order valence-corrected chi connectivity index (χ2v) is 6.26. The standard InChI is InChI=1S/C18H20N4O2/c23-16-6-8-20(13-16)9-10-22-17-5-4-15(11-14(17)12-19-22)21-7-2-1-3-18(21)24/h1-5,7,11-12,16,23H,6,8-10,13H2. The number of aromatic nitrogens is 3. The summed E-state index contributed by atoms with van der Waals surface area (Å²) in [7, 11) is 0. The number of fused-ring (bicyclic) bond motifs is 1. The molecular formula is C18H20N4O2. The summed E-state index contributed by atoms with van der Waals surface area (Å²) < 4.78 is 3.61. The Hall–Kier alpha value is -2.44.